The van der Waals surface area contributed by atoms with Crippen molar-refractivity contribution in [2.45, 2.75) is 95.9 Å². The second kappa shape index (κ2) is 10.1. The molecule has 2 heterocycles. The van der Waals surface area contributed by atoms with E-state index in [4.69, 9.17) is 5.73 Å². The van der Waals surface area contributed by atoms with Crippen LogP contribution in [-0.2, 0) is 6.54 Å². The third-order valence-electron chi connectivity index (χ3n) is 7.60. The van der Waals surface area contributed by atoms with Crippen LogP contribution in [0.3, 0.4) is 0 Å². The van der Waals surface area contributed by atoms with Crippen LogP contribution in [0.25, 0.3) is 11.0 Å². The Labute approximate surface area is 195 Å². The van der Waals surface area contributed by atoms with Gasteiger partial charge in [-0.05, 0) is 57.2 Å². The van der Waals surface area contributed by atoms with Gasteiger partial charge in [-0.2, -0.15) is 5.26 Å². The molecular formula is C25H36N6O2. The number of benzene rings is 1. The van der Waals surface area contributed by atoms with Crippen molar-refractivity contribution in [2.75, 3.05) is 6.54 Å². The minimum Gasteiger partial charge on any atom is -0.334 e. The third-order valence-corrected chi connectivity index (χ3v) is 7.60. The first-order valence-electron chi connectivity index (χ1n) is 12.5. The van der Waals surface area contributed by atoms with E-state index in [2.05, 4.69) is 23.2 Å². The molecule has 3 atom stereocenters. The molecule has 4 rings (SSSR count). The van der Waals surface area contributed by atoms with E-state index in [1.54, 1.807) is 18.2 Å². The number of carbonyl (C=O) groups is 1. The molecule has 1 saturated heterocycles. The van der Waals surface area contributed by atoms with Gasteiger partial charge in [0, 0.05) is 37.3 Å². The number of piperidine rings is 1. The minimum absolute atomic E-state index is 0.0229. The van der Waals surface area contributed by atoms with Crippen molar-refractivity contribution in [3.05, 3.63) is 34.2 Å². The molecule has 1 aliphatic heterocycles. The lowest BCUT2D eigenvalue weighted by atomic mass is 9.86. The standard InChI is InChI=1S/C25H36N6O2/c1-3-20(27)22-15-18(12-13-30(22)19-8-6-5-7-9-19)28-24(32)31-21-11-10-17(16-26)14-23(21)29(4-2)25(31)33/h10-11,14,18-20,22H,3-9,12-13,15,27H2,1-2H3,(H,28,32). The minimum atomic E-state index is -0.401. The first-order valence-corrected chi connectivity index (χ1v) is 12.5. The molecule has 0 bridgehead atoms. The topological polar surface area (TPSA) is 109 Å². The fourth-order valence-electron chi connectivity index (χ4n) is 5.77. The number of nitrogens with two attached hydrogens (primary N) is 1. The summed E-state index contributed by atoms with van der Waals surface area (Å²) in [7, 11) is 0. The second-order valence-corrected chi connectivity index (χ2v) is 9.52. The Morgan fingerprint density at radius 1 is 1.21 bits per heavy atom. The van der Waals surface area contributed by atoms with Crippen LogP contribution in [0.1, 0.15) is 70.8 Å². The van der Waals surface area contributed by atoms with Crippen molar-refractivity contribution in [3.63, 3.8) is 0 Å². The average Bonchev–Trinajstić information content (AvgIpc) is 3.14. The zero-order valence-corrected chi connectivity index (χ0v) is 19.8. The third kappa shape index (κ3) is 4.57. The molecule has 8 nitrogen and oxygen atoms in total. The number of amides is 1. The monoisotopic (exact) mass is 452 g/mol. The molecule has 2 aliphatic rings. The number of hydrogen-bond acceptors (Lipinski definition) is 5. The molecule has 1 aromatic carbocycles. The summed E-state index contributed by atoms with van der Waals surface area (Å²) in [6, 6.07) is 7.58. The van der Waals surface area contributed by atoms with Crippen LogP contribution in [0.5, 0.6) is 0 Å². The quantitative estimate of drug-likeness (QED) is 0.724. The molecule has 8 heteroatoms. The van der Waals surface area contributed by atoms with Gasteiger partial charge in [-0.15, -0.1) is 0 Å². The van der Waals surface area contributed by atoms with E-state index >= 15 is 0 Å². The van der Waals surface area contributed by atoms with Crippen LogP contribution in [0.4, 0.5) is 4.79 Å². The van der Waals surface area contributed by atoms with Crippen molar-refractivity contribution < 1.29 is 4.79 Å². The molecule has 1 aromatic heterocycles. The number of rotatable bonds is 5. The van der Waals surface area contributed by atoms with Gasteiger partial charge in [0.1, 0.15) is 0 Å². The lowest BCUT2D eigenvalue weighted by Gasteiger charge is -2.47. The number of nitrogens with one attached hydrogen (secondary N) is 1. The molecule has 2 fully saturated rings. The summed E-state index contributed by atoms with van der Waals surface area (Å²) >= 11 is 0. The van der Waals surface area contributed by atoms with E-state index in [-0.39, 0.29) is 23.8 Å². The van der Waals surface area contributed by atoms with Crippen LogP contribution in [0.15, 0.2) is 23.0 Å². The molecule has 178 valence electrons. The number of fused-ring (bicyclic) bond motifs is 1. The average molecular weight is 453 g/mol. The second-order valence-electron chi connectivity index (χ2n) is 9.52. The normalized spacial score (nSPS) is 23.3. The number of nitriles is 1. The Morgan fingerprint density at radius 2 is 1.97 bits per heavy atom. The Balaban J connectivity index is 1.55. The van der Waals surface area contributed by atoms with Crippen LogP contribution < -0.4 is 16.7 Å². The van der Waals surface area contributed by atoms with E-state index in [0.29, 0.717) is 29.2 Å². The summed E-state index contributed by atoms with van der Waals surface area (Å²) in [6.45, 7) is 5.34. The summed E-state index contributed by atoms with van der Waals surface area (Å²) in [6.07, 6.45) is 8.93. The van der Waals surface area contributed by atoms with E-state index in [9.17, 15) is 14.9 Å². The van der Waals surface area contributed by atoms with Gasteiger partial charge in [0.15, 0.2) is 0 Å². The lowest BCUT2D eigenvalue weighted by molar-refractivity contribution is 0.0463. The highest BCUT2D eigenvalue weighted by atomic mass is 16.2. The summed E-state index contributed by atoms with van der Waals surface area (Å²) in [5.41, 5.74) is 7.78. The largest absolute Gasteiger partial charge is 0.337 e. The van der Waals surface area contributed by atoms with Gasteiger partial charge in [-0.1, -0.05) is 26.2 Å². The van der Waals surface area contributed by atoms with Gasteiger partial charge in [0.2, 0.25) is 0 Å². The summed E-state index contributed by atoms with van der Waals surface area (Å²) < 4.78 is 2.75. The SMILES string of the molecule is CCC(N)C1CC(NC(=O)n2c(=O)n(CC)c3cc(C#N)ccc32)CCN1C1CCCCC1. The smallest absolute Gasteiger partial charge is 0.334 e. The maximum Gasteiger partial charge on any atom is 0.337 e. The Kier molecular flexibility index (Phi) is 7.20. The van der Waals surface area contributed by atoms with Gasteiger partial charge in [0.05, 0.1) is 22.7 Å². The highest BCUT2D eigenvalue weighted by Crippen LogP contribution is 2.30. The van der Waals surface area contributed by atoms with E-state index in [1.165, 1.54) is 41.2 Å². The Morgan fingerprint density at radius 3 is 2.64 bits per heavy atom. The van der Waals surface area contributed by atoms with Gasteiger partial charge in [-0.25, -0.2) is 14.2 Å². The van der Waals surface area contributed by atoms with Crippen LogP contribution in [0, 0.1) is 11.3 Å². The molecule has 0 spiro atoms. The highest BCUT2D eigenvalue weighted by molar-refractivity contribution is 5.90. The Bertz CT molecular complexity index is 1090. The molecule has 33 heavy (non-hydrogen) atoms. The van der Waals surface area contributed by atoms with E-state index < -0.39 is 6.03 Å². The van der Waals surface area contributed by atoms with Crippen LogP contribution in [0.2, 0.25) is 0 Å². The Hall–Kier alpha value is -2.63. The van der Waals surface area contributed by atoms with Crippen molar-refractivity contribution in [3.8, 4) is 6.07 Å². The number of aromatic nitrogens is 2. The number of carbonyl (C=O) groups excluding carboxylic acids is 1. The van der Waals surface area contributed by atoms with Crippen molar-refractivity contribution in [1.29, 1.82) is 5.26 Å². The van der Waals surface area contributed by atoms with Crippen molar-refractivity contribution in [2.24, 2.45) is 5.73 Å². The molecule has 3 N–H and O–H groups in total. The molecule has 1 aliphatic carbocycles. The number of aryl methyl sites for hydroxylation is 1. The number of imidazole rings is 1. The predicted molar refractivity (Wildman–Crippen MR) is 129 cm³/mol. The lowest BCUT2D eigenvalue weighted by Crippen LogP contribution is -2.59. The first-order chi connectivity index (χ1) is 16.0. The van der Waals surface area contributed by atoms with E-state index in [1.807, 2.05) is 6.92 Å². The molecule has 1 saturated carbocycles. The number of likely N-dealkylation sites (tertiary alicyclic amines) is 1. The number of hydrogen-bond donors (Lipinski definition) is 2. The molecule has 1 amide bonds. The van der Waals surface area contributed by atoms with Gasteiger partial charge < -0.3 is 11.1 Å². The molecule has 2 aromatic rings. The predicted octanol–water partition coefficient (Wildman–Crippen LogP) is 3.16. The van der Waals surface area contributed by atoms with Crippen LogP contribution in [-0.4, -0.2) is 50.8 Å². The first kappa shape index (κ1) is 23.5. The summed E-state index contributed by atoms with van der Waals surface area (Å²) in [5, 5.41) is 12.4. The van der Waals surface area contributed by atoms with E-state index in [0.717, 1.165) is 25.8 Å². The summed E-state index contributed by atoms with van der Waals surface area (Å²) in [5.74, 6) is 0. The molecular weight excluding hydrogens is 416 g/mol. The van der Waals surface area contributed by atoms with Gasteiger partial charge in [-0.3, -0.25) is 9.47 Å². The zero-order valence-electron chi connectivity index (χ0n) is 19.8. The maximum absolute atomic E-state index is 13.3. The number of nitrogens with zero attached hydrogens (tertiary/aromatic N) is 4. The van der Waals surface area contributed by atoms with Crippen molar-refractivity contribution in [1.82, 2.24) is 19.4 Å². The maximum atomic E-state index is 13.3. The zero-order chi connectivity index (χ0) is 23.5. The molecule has 0 radical (unpaired) electrons. The fraction of sp³-hybridized carbons (Fsp3) is 0.640. The van der Waals surface area contributed by atoms with Gasteiger partial charge in [0.25, 0.3) is 0 Å². The fourth-order valence-corrected chi connectivity index (χ4v) is 5.77. The van der Waals surface area contributed by atoms with Crippen molar-refractivity contribution >= 4 is 17.1 Å². The van der Waals surface area contributed by atoms with Gasteiger partial charge >= 0.3 is 11.7 Å². The summed E-state index contributed by atoms with van der Waals surface area (Å²) in [4.78, 5) is 28.9. The highest BCUT2D eigenvalue weighted by Gasteiger charge is 2.37. The van der Waals surface area contributed by atoms with Crippen LogP contribution >= 0.6 is 0 Å². The molecule has 3 unspecified atom stereocenters.